The maximum absolute atomic E-state index is 13.0. The second-order valence-electron chi connectivity index (χ2n) is 7.12. The van der Waals surface area contributed by atoms with Crippen molar-refractivity contribution in [3.8, 4) is 0 Å². The van der Waals surface area contributed by atoms with Crippen LogP contribution in [0.25, 0.3) is 0 Å². The van der Waals surface area contributed by atoms with E-state index >= 15 is 0 Å². The third-order valence-electron chi connectivity index (χ3n) is 5.89. The number of hydrogen-bond acceptors (Lipinski definition) is 2. The van der Waals surface area contributed by atoms with Crippen LogP contribution in [0.1, 0.15) is 62.0 Å². The van der Waals surface area contributed by atoms with Crippen molar-refractivity contribution in [2.24, 2.45) is 5.92 Å². The van der Waals surface area contributed by atoms with E-state index in [2.05, 4.69) is 24.3 Å². The molecular formula is C19H24O2. The number of aryl methyl sites for hydroxylation is 1. The highest BCUT2D eigenvalue weighted by Gasteiger charge is 2.43. The van der Waals surface area contributed by atoms with Crippen molar-refractivity contribution < 1.29 is 9.53 Å². The molecule has 21 heavy (non-hydrogen) atoms. The highest BCUT2D eigenvalue weighted by Crippen LogP contribution is 2.45. The van der Waals surface area contributed by atoms with Gasteiger partial charge in [0.05, 0.1) is 5.60 Å². The number of Topliss-reactive ketones (excluding diaryl/α,β-unsaturated/α-hetero) is 1. The summed E-state index contributed by atoms with van der Waals surface area (Å²) in [4.78, 5) is 13.0. The molecule has 1 aliphatic heterocycles. The largest absolute Gasteiger partial charge is 0.375 e. The second-order valence-corrected chi connectivity index (χ2v) is 7.12. The Morgan fingerprint density at radius 1 is 1.14 bits per heavy atom. The van der Waals surface area contributed by atoms with Gasteiger partial charge in [-0.15, -0.1) is 0 Å². The van der Waals surface area contributed by atoms with E-state index in [9.17, 15) is 4.79 Å². The first-order valence-corrected chi connectivity index (χ1v) is 8.53. The highest BCUT2D eigenvalue weighted by molar-refractivity contribution is 5.89. The lowest BCUT2D eigenvalue weighted by Gasteiger charge is -2.38. The monoisotopic (exact) mass is 284 g/mol. The van der Waals surface area contributed by atoms with Crippen molar-refractivity contribution in [2.75, 3.05) is 6.61 Å². The summed E-state index contributed by atoms with van der Waals surface area (Å²) in [5, 5.41) is 0. The van der Waals surface area contributed by atoms with Gasteiger partial charge in [0.25, 0.3) is 0 Å². The van der Waals surface area contributed by atoms with E-state index in [1.165, 1.54) is 24.0 Å². The molecule has 2 aliphatic carbocycles. The number of carbonyl (C=O) groups excluding carboxylic acids is 1. The topological polar surface area (TPSA) is 26.3 Å². The van der Waals surface area contributed by atoms with Crippen LogP contribution in [0, 0.1) is 5.92 Å². The molecule has 2 nitrogen and oxygen atoms in total. The number of carbonyl (C=O) groups is 1. The molecule has 1 saturated heterocycles. The van der Waals surface area contributed by atoms with Gasteiger partial charge in [-0.25, -0.2) is 0 Å². The fourth-order valence-electron chi connectivity index (χ4n) is 4.78. The number of ketones is 1. The van der Waals surface area contributed by atoms with Crippen LogP contribution in [-0.4, -0.2) is 18.0 Å². The summed E-state index contributed by atoms with van der Waals surface area (Å²) in [6.07, 6.45) is 8.86. The minimum Gasteiger partial charge on any atom is -0.375 e. The summed E-state index contributed by atoms with van der Waals surface area (Å²) in [6, 6.07) is 8.52. The Morgan fingerprint density at radius 2 is 1.95 bits per heavy atom. The molecule has 0 N–H and O–H groups in total. The smallest absolute Gasteiger partial charge is 0.143 e. The zero-order valence-corrected chi connectivity index (χ0v) is 12.6. The van der Waals surface area contributed by atoms with Crippen molar-refractivity contribution in [3.05, 3.63) is 35.4 Å². The van der Waals surface area contributed by atoms with Gasteiger partial charge in [-0.3, -0.25) is 4.79 Å². The van der Waals surface area contributed by atoms with E-state index in [1.807, 2.05) is 0 Å². The quantitative estimate of drug-likeness (QED) is 0.819. The molecule has 0 radical (unpaired) electrons. The molecule has 3 aliphatic rings. The number of ether oxygens (including phenoxy) is 1. The normalized spacial score (nSPS) is 30.5. The third-order valence-corrected chi connectivity index (χ3v) is 5.89. The summed E-state index contributed by atoms with van der Waals surface area (Å²) in [5.74, 6) is 0.880. The van der Waals surface area contributed by atoms with Gasteiger partial charge in [0.15, 0.2) is 0 Å². The maximum atomic E-state index is 13.0. The van der Waals surface area contributed by atoms with E-state index in [-0.39, 0.29) is 17.4 Å². The fourth-order valence-corrected chi connectivity index (χ4v) is 4.78. The van der Waals surface area contributed by atoms with Crippen molar-refractivity contribution >= 4 is 5.78 Å². The molecule has 0 amide bonds. The van der Waals surface area contributed by atoms with Crippen LogP contribution in [0.4, 0.5) is 0 Å². The zero-order valence-electron chi connectivity index (χ0n) is 12.6. The lowest BCUT2D eigenvalue weighted by molar-refractivity contribution is -0.137. The first-order valence-electron chi connectivity index (χ1n) is 8.53. The minimum absolute atomic E-state index is 0.0523. The standard InChI is InChI=1S/C19H24O2/c20-18(17-8-7-14-5-1-2-6-16(14)17)15-9-12-21-19(13-15)10-3-4-11-19/h1-2,5-6,15,17H,3-4,7-13H2. The van der Waals surface area contributed by atoms with E-state index < -0.39 is 0 Å². The maximum Gasteiger partial charge on any atom is 0.143 e. The lowest BCUT2D eigenvalue weighted by Crippen LogP contribution is -2.40. The Labute approximate surface area is 126 Å². The fraction of sp³-hybridized carbons (Fsp3) is 0.632. The molecule has 2 unspecified atom stereocenters. The number of rotatable bonds is 2. The summed E-state index contributed by atoms with van der Waals surface area (Å²) in [7, 11) is 0. The van der Waals surface area contributed by atoms with E-state index in [0.717, 1.165) is 45.1 Å². The number of fused-ring (bicyclic) bond motifs is 1. The Kier molecular flexibility index (Phi) is 3.37. The van der Waals surface area contributed by atoms with Gasteiger partial charge in [-0.1, -0.05) is 37.1 Å². The van der Waals surface area contributed by atoms with Crippen LogP contribution in [0.5, 0.6) is 0 Å². The lowest BCUT2D eigenvalue weighted by atomic mass is 9.78. The molecule has 1 heterocycles. The molecule has 1 aromatic rings. The van der Waals surface area contributed by atoms with Crippen LogP contribution in [0.2, 0.25) is 0 Å². The molecule has 1 aromatic carbocycles. The summed E-state index contributed by atoms with van der Waals surface area (Å²) >= 11 is 0. The van der Waals surface area contributed by atoms with Crippen LogP contribution < -0.4 is 0 Å². The Hall–Kier alpha value is -1.15. The van der Waals surface area contributed by atoms with Crippen LogP contribution in [-0.2, 0) is 16.0 Å². The van der Waals surface area contributed by atoms with Crippen LogP contribution in [0.3, 0.4) is 0 Å². The average Bonchev–Trinajstić information content (AvgIpc) is 3.14. The highest BCUT2D eigenvalue weighted by atomic mass is 16.5. The molecule has 1 spiro atoms. The molecule has 0 bridgehead atoms. The van der Waals surface area contributed by atoms with Gasteiger partial charge in [0.1, 0.15) is 5.78 Å². The van der Waals surface area contributed by atoms with Crippen molar-refractivity contribution in [1.29, 1.82) is 0 Å². The van der Waals surface area contributed by atoms with Crippen LogP contribution >= 0.6 is 0 Å². The minimum atomic E-state index is 0.0523. The summed E-state index contributed by atoms with van der Waals surface area (Å²) < 4.78 is 6.09. The molecule has 112 valence electrons. The molecular weight excluding hydrogens is 260 g/mol. The van der Waals surface area contributed by atoms with Gasteiger partial charge in [-0.05, 0) is 49.7 Å². The molecule has 1 saturated carbocycles. The summed E-state index contributed by atoms with van der Waals surface area (Å²) in [5.41, 5.74) is 2.74. The van der Waals surface area contributed by atoms with Gasteiger partial charge < -0.3 is 4.74 Å². The predicted molar refractivity (Wildman–Crippen MR) is 82.4 cm³/mol. The van der Waals surface area contributed by atoms with Crippen LogP contribution in [0.15, 0.2) is 24.3 Å². The summed E-state index contributed by atoms with van der Waals surface area (Å²) in [6.45, 7) is 0.783. The second kappa shape index (κ2) is 5.24. The van der Waals surface area contributed by atoms with Gasteiger partial charge in [-0.2, -0.15) is 0 Å². The average molecular weight is 284 g/mol. The molecule has 4 rings (SSSR count). The molecule has 2 fully saturated rings. The van der Waals surface area contributed by atoms with Gasteiger partial charge >= 0.3 is 0 Å². The number of hydrogen-bond donors (Lipinski definition) is 0. The zero-order chi connectivity index (χ0) is 14.3. The van der Waals surface area contributed by atoms with Gasteiger partial charge in [0, 0.05) is 18.4 Å². The van der Waals surface area contributed by atoms with E-state index in [4.69, 9.17) is 4.74 Å². The molecule has 2 heteroatoms. The third kappa shape index (κ3) is 2.34. The van der Waals surface area contributed by atoms with E-state index in [0.29, 0.717) is 5.78 Å². The number of benzene rings is 1. The molecule has 2 atom stereocenters. The Morgan fingerprint density at radius 3 is 2.81 bits per heavy atom. The Bertz CT molecular complexity index is 542. The molecule has 0 aromatic heterocycles. The van der Waals surface area contributed by atoms with E-state index in [1.54, 1.807) is 0 Å². The SMILES string of the molecule is O=C(C1CCOC2(CCCC2)C1)C1CCc2ccccc21. The first-order chi connectivity index (χ1) is 10.3. The predicted octanol–water partition coefficient (Wildman–Crippen LogP) is 4.02. The Balaban J connectivity index is 1.53. The van der Waals surface area contributed by atoms with Gasteiger partial charge in [0.2, 0.25) is 0 Å². The van der Waals surface area contributed by atoms with Crippen molar-refractivity contribution in [3.63, 3.8) is 0 Å². The van der Waals surface area contributed by atoms with Crippen molar-refractivity contribution in [1.82, 2.24) is 0 Å². The first kappa shape index (κ1) is 13.5. The van der Waals surface area contributed by atoms with Crippen molar-refractivity contribution in [2.45, 2.75) is 62.9 Å².